The number of benzene rings is 2. The lowest BCUT2D eigenvalue weighted by Crippen LogP contribution is -2.31. The number of nitrogens with one attached hydrogen (secondary N) is 1. The largest absolute Gasteiger partial charge is 0.484 e. The molecule has 0 atom stereocenters. The number of aryl methyl sites for hydroxylation is 2. The highest BCUT2D eigenvalue weighted by molar-refractivity contribution is 8.18. The first kappa shape index (κ1) is 22.6. The van der Waals surface area contributed by atoms with Crippen molar-refractivity contribution in [3.05, 3.63) is 64.1 Å². The number of anilines is 1. The van der Waals surface area contributed by atoms with E-state index in [9.17, 15) is 14.4 Å². The summed E-state index contributed by atoms with van der Waals surface area (Å²) in [5.41, 5.74) is 3.75. The van der Waals surface area contributed by atoms with Gasteiger partial charge in [-0.25, -0.2) is 0 Å². The second kappa shape index (κ2) is 10.3. The Balaban J connectivity index is 1.55. The zero-order valence-electron chi connectivity index (χ0n) is 17.6. The number of thioether (sulfide) groups is 1. The van der Waals surface area contributed by atoms with Crippen LogP contribution >= 0.6 is 11.8 Å². The van der Waals surface area contributed by atoms with E-state index in [2.05, 4.69) is 5.32 Å². The van der Waals surface area contributed by atoms with Crippen LogP contribution in [0, 0.1) is 13.8 Å². The van der Waals surface area contributed by atoms with Crippen molar-refractivity contribution >= 4 is 40.6 Å². The molecule has 0 aliphatic carbocycles. The number of carbonyl (C=O) groups excluding carboxylic acids is 3. The molecule has 0 radical (unpaired) electrons. The summed E-state index contributed by atoms with van der Waals surface area (Å²) in [5, 5.41) is 2.51. The Labute approximate surface area is 185 Å². The van der Waals surface area contributed by atoms with Crippen LogP contribution in [0.25, 0.3) is 6.08 Å². The molecule has 1 aliphatic heterocycles. The topological polar surface area (TPSA) is 84.9 Å². The summed E-state index contributed by atoms with van der Waals surface area (Å²) in [6.07, 6.45) is 1.66. The number of amides is 3. The van der Waals surface area contributed by atoms with Gasteiger partial charge in [0.15, 0.2) is 6.61 Å². The van der Waals surface area contributed by atoms with Crippen molar-refractivity contribution in [1.82, 2.24) is 4.90 Å². The number of imide groups is 1. The van der Waals surface area contributed by atoms with Gasteiger partial charge in [0.2, 0.25) is 0 Å². The maximum Gasteiger partial charge on any atom is 0.293 e. The molecule has 0 aromatic heterocycles. The molecular weight excluding hydrogens is 416 g/mol. The molecule has 0 unspecified atom stereocenters. The van der Waals surface area contributed by atoms with Crippen LogP contribution in [-0.2, 0) is 14.3 Å². The Bertz CT molecular complexity index is 1020. The number of carbonyl (C=O) groups is 3. The zero-order valence-corrected chi connectivity index (χ0v) is 18.5. The standard InChI is InChI=1S/C23H24N2O5S/c1-15-4-7-18(12-16(15)2)24-21(26)14-30-19-8-5-17(6-9-19)13-20-22(27)25(10-11-29-3)23(28)31-20/h4-9,12-13H,10-11,14H2,1-3H3,(H,24,26)/b20-13-. The molecular formula is C23H24N2O5S. The van der Waals surface area contributed by atoms with Gasteiger partial charge in [-0.1, -0.05) is 18.2 Å². The van der Waals surface area contributed by atoms with Crippen molar-refractivity contribution < 1.29 is 23.9 Å². The maximum absolute atomic E-state index is 12.4. The van der Waals surface area contributed by atoms with Crippen LogP contribution in [-0.4, -0.2) is 48.8 Å². The van der Waals surface area contributed by atoms with Crippen LogP contribution < -0.4 is 10.1 Å². The van der Waals surface area contributed by atoms with Crippen LogP contribution in [0.15, 0.2) is 47.4 Å². The quantitative estimate of drug-likeness (QED) is 0.625. The van der Waals surface area contributed by atoms with E-state index in [0.29, 0.717) is 17.3 Å². The molecule has 3 rings (SSSR count). The molecule has 0 saturated carbocycles. The zero-order chi connectivity index (χ0) is 22.4. The molecule has 0 bridgehead atoms. The van der Waals surface area contributed by atoms with E-state index in [-0.39, 0.29) is 30.2 Å². The summed E-state index contributed by atoms with van der Waals surface area (Å²) in [5.74, 6) is -0.0481. The molecule has 1 saturated heterocycles. The second-order valence-electron chi connectivity index (χ2n) is 7.03. The molecule has 1 N–H and O–H groups in total. The van der Waals surface area contributed by atoms with Crippen LogP contribution in [0.2, 0.25) is 0 Å². The van der Waals surface area contributed by atoms with Gasteiger partial charge in [0.05, 0.1) is 18.1 Å². The molecule has 2 aromatic rings. The molecule has 31 heavy (non-hydrogen) atoms. The summed E-state index contributed by atoms with van der Waals surface area (Å²) < 4.78 is 10.5. The first-order valence-corrected chi connectivity index (χ1v) is 10.5. The van der Waals surface area contributed by atoms with E-state index in [1.807, 2.05) is 32.0 Å². The number of ether oxygens (including phenoxy) is 2. The van der Waals surface area contributed by atoms with Crippen molar-refractivity contribution in [2.75, 3.05) is 32.2 Å². The van der Waals surface area contributed by atoms with Gasteiger partial charge in [-0.15, -0.1) is 0 Å². The smallest absolute Gasteiger partial charge is 0.293 e. The molecule has 7 nitrogen and oxygen atoms in total. The van der Waals surface area contributed by atoms with Gasteiger partial charge >= 0.3 is 0 Å². The fourth-order valence-electron chi connectivity index (χ4n) is 2.85. The van der Waals surface area contributed by atoms with Crippen molar-refractivity contribution in [3.8, 4) is 5.75 Å². The Morgan fingerprint density at radius 3 is 2.52 bits per heavy atom. The second-order valence-corrected chi connectivity index (χ2v) is 8.02. The summed E-state index contributed by atoms with van der Waals surface area (Å²) in [4.78, 5) is 38.0. The van der Waals surface area contributed by atoms with Gasteiger partial charge in [0, 0.05) is 12.8 Å². The Kier molecular flexibility index (Phi) is 7.49. The minimum atomic E-state index is -0.324. The lowest BCUT2D eigenvalue weighted by molar-refractivity contribution is -0.123. The van der Waals surface area contributed by atoms with E-state index >= 15 is 0 Å². The normalized spacial score (nSPS) is 14.9. The van der Waals surface area contributed by atoms with Gasteiger partial charge in [0.1, 0.15) is 5.75 Å². The first-order chi connectivity index (χ1) is 14.9. The maximum atomic E-state index is 12.4. The van der Waals surface area contributed by atoms with Crippen molar-refractivity contribution in [2.45, 2.75) is 13.8 Å². The molecule has 1 heterocycles. The highest BCUT2D eigenvalue weighted by Gasteiger charge is 2.34. The average Bonchev–Trinajstić information content (AvgIpc) is 3.01. The van der Waals surface area contributed by atoms with Crippen LogP contribution in [0.5, 0.6) is 5.75 Å². The Hall–Kier alpha value is -3.10. The third kappa shape index (κ3) is 5.96. The Morgan fingerprint density at radius 2 is 1.84 bits per heavy atom. The van der Waals surface area contributed by atoms with Crippen LogP contribution in [0.1, 0.15) is 16.7 Å². The predicted molar refractivity (Wildman–Crippen MR) is 121 cm³/mol. The first-order valence-electron chi connectivity index (χ1n) is 9.71. The van der Waals surface area contributed by atoms with Crippen LogP contribution in [0.4, 0.5) is 10.5 Å². The fourth-order valence-corrected chi connectivity index (χ4v) is 3.72. The number of nitrogens with zero attached hydrogens (tertiary/aromatic N) is 1. The van der Waals surface area contributed by atoms with Gasteiger partial charge in [-0.2, -0.15) is 0 Å². The molecule has 3 amide bonds. The molecule has 162 valence electrons. The number of methoxy groups -OCH3 is 1. The van der Waals surface area contributed by atoms with E-state index in [1.54, 1.807) is 30.3 Å². The minimum absolute atomic E-state index is 0.120. The van der Waals surface area contributed by atoms with Crippen molar-refractivity contribution in [2.24, 2.45) is 0 Å². The lowest BCUT2D eigenvalue weighted by atomic mass is 10.1. The molecule has 2 aromatic carbocycles. The highest BCUT2D eigenvalue weighted by Crippen LogP contribution is 2.32. The Morgan fingerprint density at radius 1 is 1.10 bits per heavy atom. The number of rotatable bonds is 8. The van der Waals surface area contributed by atoms with Gasteiger partial charge in [-0.05, 0) is 72.6 Å². The third-order valence-corrected chi connectivity index (χ3v) is 5.64. The summed E-state index contributed by atoms with van der Waals surface area (Å²) in [7, 11) is 1.52. The lowest BCUT2D eigenvalue weighted by Gasteiger charge is -2.10. The number of hydrogen-bond donors (Lipinski definition) is 1. The van der Waals surface area contributed by atoms with E-state index in [4.69, 9.17) is 9.47 Å². The van der Waals surface area contributed by atoms with Crippen molar-refractivity contribution in [3.63, 3.8) is 0 Å². The molecule has 1 fully saturated rings. The highest BCUT2D eigenvalue weighted by atomic mass is 32.2. The monoisotopic (exact) mass is 440 g/mol. The third-order valence-electron chi connectivity index (χ3n) is 4.73. The summed E-state index contributed by atoms with van der Waals surface area (Å²) >= 11 is 0.907. The molecule has 1 aliphatic rings. The molecule has 8 heteroatoms. The van der Waals surface area contributed by atoms with Crippen LogP contribution in [0.3, 0.4) is 0 Å². The van der Waals surface area contributed by atoms with E-state index < -0.39 is 0 Å². The van der Waals surface area contributed by atoms with E-state index in [1.165, 1.54) is 12.0 Å². The van der Waals surface area contributed by atoms with E-state index in [0.717, 1.165) is 34.1 Å². The van der Waals surface area contributed by atoms with Gasteiger partial charge in [0.25, 0.3) is 17.1 Å². The predicted octanol–water partition coefficient (Wildman–Crippen LogP) is 4.00. The minimum Gasteiger partial charge on any atom is -0.484 e. The van der Waals surface area contributed by atoms with Gasteiger partial charge in [-0.3, -0.25) is 19.3 Å². The van der Waals surface area contributed by atoms with Gasteiger partial charge < -0.3 is 14.8 Å². The fraction of sp³-hybridized carbons (Fsp3) is 0.261. The average molecular weight is 441 g/mol. The summed E-state index contributed by atoms with van der Waals surface area (Å²) in [6, 6.07) is 12.7. The number of hydrogen-bond acceptors (Lipinski definition) is 6. The SMILES string of the molecule is COCCN1C(=O)S/C(=C\c2ccc(OCC(=O)Nc3ccc(C)c(C)c3)cc2)C1=O. The molecule has 0 spiro atoms. The van der Waals surface area contributed by atoms with Crippen molar-refractivity contribution in [1.29, 1.82) is 0 Å². The summed E-state index contributed by atoms with van der Waals surface area (Å²) in [6.45, 7) is 4.41.